The predicted molar refractivity (Wildman–Crippen MR) is 85.7 cm³/mol. The molecule has 7 heteroatoms. The second kappa shape index (κ2) is 6.66. The number of nitrogens with one attached hydrogen (secondary N) is 2. The van der Waals surface area contributed by atoms with Crippen molar-refractivity contribution in [3.8, 4) is 0 Å². The van der Waals surface area contributed by atoms with Crippen LogP contribution < -0.4 is 15.5 Å². The number of anilines is 2. The molecule has 124 valence electrons. The molecular formula is C17H15F2N3O2. The maximum absolute atomic E-state index is 13.1. The fourth-order valence-corrected chi connectivity index (χ4v) is 2.59. The van der Waals surface area contributed by atoms with Gasteiger partial charge in [-0.15, -0.1) is 0 Å². The lowest BCUT2D eigenvalue weighted by Gasteiger charge is -2.17. The predicted octanol–water partition coefficient (Wildman–Crippen LogP) is 2.89. The van der Waals surface area contributed by atoms with Crippen LogP contribution in [0.25, 0.3) is 0 Å². The Hall–Kier alpha value is -2.96. The van der Waals surface area contributed by atoms with Gasteiger partial charge in [0.1, 0.15) is 0 Å². The first-order valence-corrected chi connectivity index (χ1v) is 7.41. The van der Waals surface area contributed by atoms with Gasteiger partial charge in [-0.3, -0.25) is 4.79 Å². The molecule has 1 heterocycles. The van der Waals surface area contributed by atoms with E-state index in [1.54, 1.807) is 4.90 Å². The van der Waals surface area contributed by atoms with Gasteiger partial charge in [0.2, 0.25) is 5.91 Å². The van der Waals surface area contributed by atoms with Crippen LogP contribution in [0.4, 0.5) is 25.0 Å². The molecule has 1 saturated heterocycles. The Morgan fingerprint density at radius 3 is 2.54 bits per heavy atom. The molecule has 0 aliphatic carbocycles. The number of halogens is 2. The molecule has 0 spiro atoms. The summed E-state index contributed by atoms with van der Waals surface area (Å²) in [5.41, 5.74) is 0.906. The van der Waals surface area contributed by atoms with Crippen molar-refractivity contribution in [2.24, 2.45) is 0 Å². The number of urea groups is 1. The van der Waals surface area contributed by atoms with E-state index in [9.17, 15) is 18.4 Å². The lowest BCUT2D eigenvalue weighted by Crippen LogP contribution is -2.39. The number of para-hydroxylation sites is 1. The average molecular weight is 331 g/mol. The first-order valence-electron chi connectivity index (χ1n) is 7.41. The molecule has 1 fully saturated rings. The SMILES string of the molecule is O=C(Nc1ccc(F)c(F)c1)N[C@@H]1CC(=O)N(c2ccccc2)C1. The summed E-state index contributed by atoms with van der Waals surface area (Å²) in [6, 6.07) is 11.3. The van der Waals surface area contributed by atoms with Gasteiger partial charge in [0.05, 0.1) is 6.04 Å². The zero-order chi connectivity index (χ0) is 17.1. The second-order valence-electron chi connectivity index (χ2n) is 5.47. The standard InChI is InChI=1S/C17H15F2N3O2/c18-14-7-6-11(8-15(14)19)20-17(24)21-12-9-16(23)22(10-12)13-4-2-1-3-5-13/h1-8,12H,9-10H2,(H2,20,21,24)/t12-/m1/s1. The minimum absolute atomic E-state index is 0.0840. The highest BCUT2D eigenvalue weighted by atomic mass is 19.2. The van der Waals surface area contributed by atoms with E-state index in [4.69, 9.17) is 0 Å². The third-order valence-electron chi connectivity index (χ3n) is 3.71. The highest BCUT2D eigenvalue weighted by Gasteiger charge is 2.31. The fourth-order valence-electron chi connectivity index (χ4n) is 2.59. The van der Waals surface area contributed by atoms with Crippen molar-refractivity contribution in [2.45, 2.75) is 12.5 Å². The molecule has 24 heavy (non-hydrogen) atoms. The van der Waals surface area contributed by atoms with Gasteiger partial charge in [-0.05, 0) is 24.3 Å². The molecule has 0 saturated carbocycles. The highest BCUT2D eigenvalue weighted by Crippen LogP contribution is 2.21. The number of carbonyl (C=O) groups excluding carboxylic acids is 2. The minimum atomic E-state index is -1.04. The van der Waals surface area contributed by atoms with Gasteiger partial charge in [-0.25, -0.2) is 13.6 Å². The Kier molecular flexibility index (Phi) is 4.41. The monoisotopic (exact) mass is 331 g/mol. The summed E-state index contributed by atoms with van der Waals surface area (Å²) < 4.78 is 26.0. The van der Waals surface area contributed by atoms with Crippen molar-refractivity contribution < 1.29 is 18.4 Å². The van der Waals surface area contributed by atoms with E-state index in [2.05, 4.69) is 10.6 Å². The van der Waals surface area contributed by atoms with E-state index < -0.39 is 17.7 Å². The summed E-state index contributed by atoms with van der Waals surface area (Å²) in [4.78, 5) is 25.6. The maximum atomic E-state index is 13.1. The first-order chi connectivity index (χ1) is 11.5. The molecule has 3 amide bonds. The maximum Gasteiger partial charge on any atom is 0.319 e. The van der Waals surface area contributed by atoms with Crippen LogP contribution in [0.5, 0.6) is 0 Å². The summed E-state index contributed by atoms with van der Waals surface area (Å²) in [5, 5.41) is 5.08. The number of benzene rings is 2. The van der Waals surface area contributed by atoms with Crippen LogP contribution in [-0.4, -0.2) is 24.5 Å². The number of nitrogens with zero attached hydrogens (tertiary/aromatic N) is 1. The lowest BCUT2D eigenvalue weighted by molar-refractivity contribution is -0.117. The molecular weight excluding hydrogens is 316 g/mol. The van der Waals surface area contributed by atoms with Gasteiger partial charge in [0.15, 0.2) is 11.6 Å². The molecule has 1 atom stereocenters. The summed E-state index contributed by atoms with van der Waals surface area (Å²) >= 11 is 0. The molecule has 1 aliphatic heterocycles. The Labute approximate surface area is 137 Å². The van der Waals surface area contributed by atoms with E-state index in [0.29, 0.717) is 6.54 Å². The molecule has 0 bridgehead atoms. The normalized spacial score (nSPS) is 17.0. The van der Waals surface area contributed by atoms with Crippen LogP contribution in [-0.2, 0) is 4.79 Å². The van der Waals surface area contributed by atoms with E-state index in [1.165, 1.54) is 6.07 Å². The smallest absolute Gasteiger partial charge is 0.319 e. The summed E-state index contributed by atoms with van der Waals surface area (Å²) in [6.07, 6.45) is 0.181. The number of carbonyl (C=O) groups is 2. The largest absolute Gasteiger partial charge is 0.333 e. The fraction of sp³-hybridized carbons (Fsp3) is 0.176. The lowest BCUT2D eigenvalue weighted by atomic mass is 10.2. The quantitative estimate of drug-likeness (QED) is 0.908. The summed E-state index contributed by atoms with van der Waals surface area (Å²) in [7, 11) is 0. The molecule has 2 aromatic rings. The van der Waals surface area contributed by atoms with Crippen LogP contribution >= 0.6 is 0 Å². The van der Waals surface area contributed by atoms with Crippen molar-refractivity contribution >= 4 is 23.3 Å². The number of rotatable bonds is 3. The van der Waals surface area contributed by atoms with Crippen molar-refractivity contribution in [1.82, 2.24) is 5.32 Å². The third-order valence-corrected chi connectivity index (χ3v) is 3.71. The molecule has 0 radical (unpaired) electrons. The zero-order valence-corrected chi connectivity index (χ0v) is 12.6. The van der Waals surface area contributed by atoms with Crippen molar-refractivity contribution in [2.75, 3.05) is 16.8 Å². The van der Waals surface area contributed by atoms with Gasteiger partial charge >= 0.3 is 6.03 Å². The molecule has 2 N–H and O–H groups in total. The van der Waals surface area contributed by atoms with Crippen LogP contribution in [0, 0.1) is 11.6 Å². The van der Waals surface area contributed by atoms with Gasteiger partial charge in [-0.2, -0.15) is 0 Å². The summed E-state index contributed by atoms with van der Waals surface area (Å²) in [5.74, 6) is -2.11. The Bertz CT molecular complexity index is 768. The van der Waals surface area contributed by atoms with Gasteiger partial charge in [0.25, 0.3) is 0 Å². The van der Waals surface area contributed by atoms with E-state index >= 15 is 0 Å². The minimum Gasteiger partial charge on any atom is -0.333 e. The Morgan fingerprint density at radius 1 is 1.08 bits per heavy atom. The number of hydrogen-bond acceptors (Lipinski definition) is 2. The first kappa shape index (κ1) is 15.9. The van der Waals surface area contributed by atoms with Crippen LogP contribution in [0.15, 0.2) is 48.5 Å². The number of amides is 3. The van der Waals surface area contributed by atoms with E-state index in [-0.39, 0.29) is 24.1 Å². The zero-order valence-electron chi connectivity index (χ0n) is 12.6. The van der Waals surface area contributed by atoms with Crippen molar-refractivity contribution in [1.29, 1.82) is 0 Å². The summed E-state index contributed by atoms with van der Waals surface area (Å²) in [6.45, 7) is 0.355. The van der Waals surface area contributed by atoms with Crippen LogP contribution in [0.2, 0.25) is 0 Å². The Morgan fingerprint density at radius 2 is 1.83 bits per heavy atom. The van der Waals surface area contributed by atoms with Gasteiger partial charge < -0.3 is 15.5 Å². The molecule has 0 aromatic heterocycles. The topological polar surface area (TPSA) is 61.4 Å². The van der Waals surface area contributed by atoms with Gasteiger partial charge in [0, 0.05) is 30.4 Å². The van der Waals surface area contributed by atoms with Gasteiger partial charge in [-0.1, -0.05) is 18.2 Å². The molecule has 1 aliphatic rings. The third kappa shape index (κ3) is 3.51. The van der Waals surface area contributed by atoms with E-state index in [0.717, 1.165) is 17.8 Å². The van der Waals surface area contributed by atoms with E-state index in [1.807, 2.05) is 30.3 Å². The average Bonchev–Trinajstić information content (AvgIpc) is 2.92. The molecule has 5 nitrogen and oxygen atoms in total. The Balaban J connectivity index is 1.59. The second-order valence-corrected chi connectivity index (χ2v) is 5.47. The molecule has 3 rings (SSSR count). The molecule has 2 aromatic carbocycles. The molecule has 0 unspecified atom stereocenters. The van der Waals surface area contributed by atoms with Crippen LogP contribution in [0.1, 0.15) is 6.42 Å². The van der Waals surface area contributed by atoms with Crippen LogP contribution in [0.3, 0.4) is 0 Å². The van der Waals surface area contributed by atoms with Crippen molar-refractivity contribution in [3.63, 3.8) is 0 Å². The number of hydrogen-bond donors (Lipinski definition) is 2. The van der Waals surface area contributed by atoms with Crippen molar-refractivity contribution in [3.05, 3.63) is 60.2 Å². The highest BCUT2D eigenvalue weighted by molar-refractivity contribution is 5.97.